The number of aromatic nitrogens is 2. The van der Waals surface area contributed by atoms with Crippen molar-refractivity contribution in [1.82, 2.24) is 9.97 Å². The van der Waals surface area contributed by atoms with Crippen LogP contribution in [-0.4, -0.2) is 41.9 Å². The standard InChI is InChI=1S/C13H22N6O2/c1-7(2)11-17-12(16-4)8(3)13(18-11)19(5-9(14)20)6-10(15)21/h7H,5-6H2,1-4H3,(H2,14,20)(H2,15,21)(H,16,17,18). The first-order valence-electron chi connectivity index (χ1n) is 6.64. The van der Waals surface area contributed by atoms with Crippen molar-refractivity contribution in [2.45, 2.75) is 26.7 Å². The second-order valence-electron chi connectivity index (χ2n) is 5.07. The van der Waals surface area contributed by atoms with Gasteiger partial charge >= 0.3 is 0 Å². The van der Waals surface area contributed by atoms with E-state index in [0.29, 0.717) is 17.5 Å². The number of rotatable bonds is 7. The summed E-state index contributed by atoms with van der Waals surface area (Å²) in [6.45, 7) is 5.45. The predicted octanol–water partition coefficient (Wildman–Crippen LogP) is -0.273. The van der Waals surface area contributed by atoms with Crippen molar-refractivity contribution >= 4 is 23.5 Å². The number of nitrogens with two attached hydrogens (primary N) is 2. The zero-order chi connectivity index (χ0) is 16.2. The Bertz CT molecular complexity index is 528. The van der Waals surface area contributed by atoms with Gasteiger partial charge in [-0.3, -0.25) is 9.59 Å². The van der Waals surface area contributed by atoms with Gasteiger partial charge in [0.25, 0.3) is 0 Å². The molecule has 0 saturated carbocycles. The van der Waals surface area contributed by atoms with Gasteiger partial charge in [-0.2, -0.15) is 0 Å². The maximum atomic E-state index is 11.2. The van der Waals surface area contributed by atoms with Crippen LogP contribution in [-0.2, 0) is 9.59 Å². The molecule has 0 saturated heterocycles. The Balaban J connectivity index is 3.36. The summed E-state index contributed by atoms with van der Waals surface area (Å²) in [6, 6.07) is 0. The van der Waals surface area contributed by atoms with Crippen molar-refractivity contribution in [1.29, 1.82) is 0 Å². The van der Waals surface area contributed by atoms with Gasteiger partial charge in [-0.05, 0) is 6.92 Å². The van der Waals surface area contributed by atoms with Gasteiger partial charge in [0.2, 0.25) is 11.8 Å². The summed E-state index contributed by atoms with van der Waals surface area (Å²) < 4.78 is 0. The second kappa shape index (κ2) is 6.87. The van der Waals surface area contributed by atoms with Gasteiger partial charge in [-0.15, -0.1) is 0 Å². The van der Waals surface area contributed by atoms with Crippen LogP contribution in [0.5, 0.6) is 0 Å². The van der Waals surface area contributed by atoms with E-state index >= 15 is 0 Å². The lowest BCUT2D eigenvalue weighted by Gasteiger charge is -2.24. The zero-order valence-corrected chi connectivity index (χ0v) is 12.8. The molecule has 1 rings (SSSR count). The van der Waals surface area contributed by atoms with Gasteiger partial charge in [-0.25, -0.2) is 9.97 Å². The fourth-order valence-corrected chi connectivity index (χ4v) is 1.91. The Labute approximate surface area is 123 Å². The number of anilines is 2. The van der Waals surface area contributed by atoms with Crippen LogP contribution in [0.1, 0.15) is 31.2 Å². The minimum Gasteiger partial charge on any atom is -0.373 e. The smallest absolute Gasteiger partial charge is 0.237 e. The fourth-order valence-electron chi connectivity index (χ4n) is 1.91. The number of hydrogen-bond acceptors (Lipinski definition) is 6. The molecule has 2 amide bonds. The average Bonchev–Trinajstić information content (AvgIpc) is 2.36. The molecule has 0 atom stereocenters. The molecule has 0 unspecified atom stereocenters. The van der Waals surface area contributed by atoms with Crippen molar-refractivity contribution in [3.8, 4) is 0 Å². The van der Waals surface area contributed by atoms with Crippen LogP contribution < -0.4 is 21.7 Å². The molecular weight excluding hydrogens is 272 g/mol. The zero-order valence-electron chi connectivity index (χ0n) is 12.8. The minimum absolute atomic E-state index is 0.0976. The summed E-state index contributed by atoms with van der Waals surface area (Å²) in [5.74, 6) is 0.704. The first-order chi connectivity index (χ1) is 9.76. The number of carbonyl (C=O) groups excluding carboxylic acids is 2. The molecule has 116 valence electrons. The van der Waals surface area contributed by atoms with Crippen LogP contribution in [0.4, 0.5) is 11.6 Å². The predicted molar refractivity (Wildman–Crippen MR) is 81.0 cm³/mol. The molecule has 1 aromatic heterocycles. The Morgan fingerprint density at radius 1 is 1.19 bits per heavy atom. The monoisotopic (exact) mass is 294 g/mol. The molecule has 1 heterocycles. The molecule has 0 aromatic carbocycles. The molecule has 8 nitrogen and oxygen atoms in total. The summed E-state index contributed by atoms with van der Waals surface area (Å²) in [5, 5.41) is 2.98. The van der Waals surface area contributed by atoms with E-state index in [1.165, 1.54) is 4.90 Å². The van der Waals surface area contributed by atoms with Crippen molar-refractivity contribution < 1.29 is 9.59 Å². The molecule has 0 spiro atoms. The number of primary amides is 2. The molecule has 0 fully saturated rings. The topological polar surface area (TPSA) is 127 Å². The summed E-state index contributed by atoms with van der Waals surface area (Å²) in [5.41, 5.74) is 11.2. The molecule has 0 bridgehead atoms. The molecule has 5 N–H and O–H groups in total. The fraction of sp³-hybridized carbons (Fsp3) is 0.538. The summed E-state index contributed by atoms with van der Waals surface area (Å²) in [7, 11) is 1.75. The molecule has 8 heteroatoms. The highest BCUT2D eigenvalue weighted by Gasteiger charge is 2.20. The first-order valence-corrected chi connectivity index (χ1v) is 6.64. The number of nitrogens with zero attached hydrogens (tertiary/aromatic N) is 3. The molecule has 0 aliphatic heterocycles. The SMILES string of the molecule is CNc1nc(C(C)C)nc(N(CC(N)=O)CC(N)=O)c1C. The van der Waals surface area contributed by atoms with E-state index in [4.69, 9.17) is 11.5 Å². The van der Waals surface area contributed by atoms with E-state index < -0.39 is 11.8 Å². The lowest BCUT2D eigenvalue weighted by atomic mass is 10.2. The summed E-state index contributed by atoms with van der Waals surface area (Å²) in [6.07, 6.45) is 0. The Morgan fingerprint density at radius 3 is 2.10 bits per heavy atom. The second-order valence-corrected chi connectivity index (χ2v) is 5.07. The van der Waals surface area contributed by atoms with Gasteiger partial charge < -0.3 is 21.7 Å². The van der Waals surface area contributed by atoms with Gasteiger partial charge in [0, 0.05) is 18.5 Å². The number of carbonyl (C=O) groups is 2. The molecule has 1 aromatic rings. The van der Waals surface area contributed by atoms with E-state index in [-0.39, 0.29) is 19.0 Å². The lowest BCUT2D eigenvalue weighted by Crippen LogP contribution is -2.40. The molecule has 21 heavy (non-hydrogen) atoms. The first kappa shape index (κ1) is 16.7. The highest BCUT2D eigenvalue weighted by molar-refractivity contribution is 5.85. The van der Waals surface area contributed by atoms with Crippen molar-refractivity contribution in [2.24, 2.45) is 11.5 Å². The summed E-state index contributed by atoms with van der Waals surface area (Å²) in [4.78, 5) is 32.8. The van der Waals surface area contributed by atoms with Crippen molar-refractivity contribution in [3.63, 3.8) is 0 Å². The van der Waals surface area contributed by atoms with Gasteiger partial charge in [0.05, 0.1) is 13.1 Å². The maximum absolute atomic E-state index is 11.2. The van der Waals surface area contributed by atoms with Gasteiger partial charge in [-0.1, -0.05) is 13.8 Å². The normalized spacial score (nSPS) is 10.5. The largest absolute Gasteiger partial charge is 0.373 e. The quantitative estimate of drug-likeness (QED) is 0.635. The van der Waals surface area contributed by atoms with E-state index in [0.717, 1.165) is 5.56 Å². The van der Waals surface area contributed by atoms with E-state index in [1.807, 2.05) is 13.8 Å². The molecule has 0 aliphatic carbocycles. The lowest BCUT2D eigenvalue weighted by molar-refractivity contribution is -0.117. The van der Waals surface area contributed by atoms with Crippen LogP contribution in [0.25, 0.3) is 0 Å². The van der Waals surface area contributed by atoms with Crippen molar-refractivity contribution in [2.75, 3.05) is 30.4 Å². The third-order valence-corrected chi connectivity index (χ3v) is 2.88. The third kappa shape index (κ3) is 4.30. The summed E-state index contributed by atoms with van der Waals surface area (Å²) >= 11 is 0. The van der Waals surface area contributed by atoms with E-state index in [1.54, 1.807) is 14.0 Å². The van der Waals surface area contributed by atoms with Gasteiger partial charge in [0.15, 0.2) is 0 Å². The van der Waals surface area contributed by atoms with Crippen LogP contribution in [0.15, 0.2) is 0 Å². The Morgan fingerprint density at radius 2 is 1.71 bits per heavy atom. The average molecular weight is 294 g/mol. The Kier molecular flexibility index (Phi) is 5.45. The van der Waals surface area contributed by atoms with Crippen molar-refractivity contribution in [3.05, 3.63) is 11.4 Å². The van der Waals surface area contributed by atoms with E-state index in [9.17, 15) is 9.59 Å². The highest BCUT2D eigenvalue weighted by Crippen LogP contribution is 2.25. The molecule has 0 radical (unpaired) electrons. The van der Waals surface area contributed by atoms with Crippen LogP contribution in [0.2, 0.25) is 0 Å². The minimum atomic E-state index is -0.564. The maximum Gasteiger partial charge on any atom is 0.237 e. The molecular formula is C13H22N6O2. The van der Waals surface area contributed by atoms with Crippen LogP contribution in [0.3, 0.4) is 0 Å². The van der Waals surface area contributed by atoms with Gasteiger partial charge in [0.1, 0.15) is 17.5 Å². The van der Waals surface area contributed by atoms with E-state index in [2.05, 4.69) is 15.3 Å². The third-order valence-electron chi connectivity index (χ3n) is 2.88. The highest BCUT2D eigenvalue weighted by atomic mass is 16.2. The number of amides is 2. The Hall–Kier alpha value is -2.38. The van der Waals surface area contributed by atoms with Crippen LogP contribution >= 0.6 is 0 Å². The number of hydrogen-bond donors (Lipinski definition) is 3. The molecule has 0 aliphatic rings. The number of nitrogens with one attached hydrogen (secondary N) is 1. The van der Waals surface area contributed by atoms with Crippen LogP contribution in [0, 0.1) is 6.92 Å².